The molecular weight excluding hydrogens is 368 g/mol. The third kappa shape index (κ3) is 3.62. The maximum atomic E-state index is 12.7. The third-order valence-electron chi connectivity index (χ3n) is 4.66. The summed E-state index contributed by atoms with van der Waals surface area (Å²) in [5.41, 5.74) is 2.31. The number of benzene rings is 3. The average Bonchev–Trinajstić information content (AvgIpc) is 3.07. The summed E-state index contributed by atoms with van der Waals surface area (Å²) >= 11 is 0. The SMILES string of the molecule is COc1ccc(/C=C2\Oc3c(ccc(OC(=O)c4ccccc4)c3C)C2=O)cc1. The quantitative estimate of drug-likeness (QED) is 0.365. The second kappa shape index (κ2) is 7.64. The minimum Gasteiger partial charge on any atom is -0.497 e. The van der Waals surface area contributed by atoms with E-state index in [9.17, 15) is 9.59 Å². The van der Waals surface area contributed by atoms with E-state index in [-0.39, 0.29) is 11.5 Å². The van der Waals surface area contributed by atoms with Crippen LogP contribution >= 0.6 is 0 Å². The van der Waals surface area contributed by atoms with Crippen molar-refractivity contribution in [2.45, 2.75) is 6.92 Å². The highest BCUT2D eigenvalue weighted by atomic mass is 16.5. The average molecular weight is 386 g/mol. The van der Waals surface area contributed by atoms with Gasteiger partial charge in [0.25, 0.3) is 0 Å². The molecule has 0 N–H and O–H groups in total. The van der Waals surface area contributed by atoms with E-state index in [0.717, 1.165) is 11.3 Å². The Bertz CT molecular complexity index is 1110. The summed E-state index contributed by atoms with van der Waals surface area (Å²) < 4.78 is 16.5. The first-order valence-corrected chi connectivity index (χ1v) is 9.06. The molecule has 0 spiro atoms. The van der Waals surface area contributed by atoms with Gasteiger partial charge in [0.2, 0.25) is 5.78 Å². The van der Waals surface area contributed by atoms with Crippen molar-refractivity contribution in [3.63, 3.8) is 0 Å². The van der Waals surface area contributed by atoms with E-state index in [4.69, 9.17) is 14.2 Å². The van der Waals surface area contributed by atoms with Gasteiger partial charge in [-0.2, -0.15) is 0 Å². The molecule has 5 nitrogen and oxygen atoms in total. The van der Waals surface area contributed by atoms with Gasteiger partial charge in [-0.1, -0.05) is 30.3 Å². The number of ketones is 1. The van der Waals surface area contributed by atoms with E-state index in [0.29, 0.717) is 28.2 Å². The highest BCUT2D eigenvalue weighted by Crippen LogP contribution is 2.39. The number of rotatable bonds is 4. The van der Waals surface area contributed by atoms with Crippen molar-refractivity contribution >= 4 is 17.8 Å². The maximum Gasteiger partial charge on any atom is 0.343 e. The Morgan fingerprint density at radius 1 is 0.966 bits per heavy atom. The van der Waals surface area contributed by atoms with Gasteiger partial charge in [0.05, 0.1) is 18.2 Å². The van der Waals surface area contributed by atoms with Crippen LogP contribution in [0.15, 0.2) is 72.5 Å². The molecule has 0 atom stereocenters. The molecule has 144 valence electrons. The molecule has 0 amide bonds. The maximum absolute atomic E-state index is 12.7. The molecule has 4 rings (SSSR count). The number of hydrogen-bond donors (Lipinski definition) is 0. The lowest BCUT2D eigenvalue weighted by molar-refractivity contribution is 0.0733. The van der Waals surface area contributed by atoms with Crippen molar-refractivity contribution in [1.82, 2.24) is 0 Å². The first-order valence-electron chi connectivity index (χ1n) is 9.06. The van der Waals surface area contributed by atoms with Crippen LogP contribution in [-0.4, -0.2) is 18.9 Å². The normalized spacial score (nSPS) is 13.7. The molecule has 0 unspecified atom stereocenters. The second-order valence-corrected chi connectivity index (χ2v) is 6.53. The van der Waals surface area contributed by atoms with Crippen LogP contribution in [0, 0.1) is 6.92 Å². The monoisotopic (exact) mass is 386 g/mol. The van der Waals surface area contributed by atoms with E-state index >= 15 is 0 Å². The number of carbonyl (C=O) groups is 2. The number of hydrogen-bond acceptors (Lipinski definition) is 5. The van der Waals surface area contributed by atoms with Crippen molar-refractivity contribution in [3.8, 4) is 17.2 Å². The molecule has 1 aliphatic heterocycles. The van der Waals surface area contributed by atoms with Crippen LogP contribution in [0.4, 0.5) is 0 Å². The van der Waals surface area contributed by atoms with Gasteiger partial charge in [-0.25, -0.2) is 4.79 Å². The van der Waals surface area contributed by atoms with Crippen LogP contribution in [0.25, 0.3) is 6.08 Å². The zero-order valence-corrected chi connectivity index (χ0v) is 16.0. The minimum atomic E-state index is -0.466. The van der Waals surface area contributed by atoms with Crippen LogP contribution in [-0.2, 0) is 0 Å². The number of esters is 1. The van der Waals surface area contributed by atoms with Gasteiger partial charge < -0.3 is 14.2 Å². The molecule has 1 aliphatic rings. The lowest BCUT2D eigenvalue weighted by Crippen LogP contribution is -2.09. The Morgan fingerprint density at radius 2 is 1.69 bits per heavy atom. The van der Waals surface area contributed by atoms with Gasteiger partial charge in [-0.3, -0.25) is 4.79 Å². The van der Waals surface area contributed by atoms with E-state index < -0.39 is 5.97 Å². The van der Waals surface area contributed by atoms with Crippen LogP contribution in [0.3, 0.4) is 0 Å². The summed E-state index contributed by atoms with van der Waals surface area (Å²) in [6, 6.07) is 19.3. The largest absolute Gasteiger partial charge is 0.497 e. The number of ether oxygens (including phenoxy) is 3. The Balaban J connectivity index is 1.59. The Hall–Kier alpha value is -3.86. The first-order chi connectivity index (χ1) is 14.1. The van der Waals surface area contributed by atoms with Crippen LogP contribution < -0.4 is 14.2 Å². The van der Waals surface area contributed by atoms with Crippen molar-refractivity contribution in [1.29, 1.82) is 0 Å². The number of fused-ring (bicyclic) bond motifs is 1. The highest BCUT2D eigenvalue weighted by molar-refractivity contribution is 6.15. The third-order valence-corrected chi connectivity index (χ3v) is 4.66. The lowest BCUT2D eigenvalue weighted by atomic mass is 10.1. The molecule has 3 aromatic rings. The Morgan fingerprint density at radius 3 is 2.38 bits per heavy atom. The molecule has 0 saturated carbocycles. The number of methoxy groups -OCH3 is 1. The van der Waals surface area contributed by atoms with Gasteiger partial charge in [-0.15, -0.1) is 0 Å². The van der Waals surface area contributed by atoms with Crippen LogP contribution in [0.5, 0.6) is 17.2 Å². The van der Waals surface area contributed by atoms with E-state index in [1.165, 1.54) is 0 Å². The van der Waals surface area contributed by atoms with E-state index in [1.807, 2.05) is 30.3 Å². The Labute approximate surface area is 168 Å². The standard InChI is InChI=1S/C24H18O5/c1-15-20(29-24(26)17-6-4-3-5-7-17)13-12-19-22(25)21(28-23(15)19)14-16-8-10-18(27-2)11-9-16/h3-14H,1-2H3/b21-14-. The van der Waals surface area contributed by atoms with E-state index in [1.54, 1.807) is 56.5 Å². The van der Waals surface area contributed by atoms with Crippen molar-refractivity contribution < 1.29 is 23.8 Å². The van der Waals surface area contributed by atoms with Gasteiger partial charge in [0.1, 0.15) is 17.2 Å². The molecular formula is C24H18O5. The summed E-state index contributed by atoms with van der Waals surface area (Å²) in [6.07, 6.45) is 1.68. The smallest absolute Gasteiger partial charge is 0.343 e. The predicted octanol–water partition coefficient (Wildman–Crippen LogP) is 4.84. The molecule has 0 aliphatic carbocycles. The van der Waals surface area contributed by atoms with Gasteiger partial charge in [0.15, 0.2) is 5.76 Å². The van der Waals surface area contributed by atoms with Gasteiger partial charge in [-0.05, 0) is 55.0 Å². The predicted molar refractivity (Wildman–Crippen MR) is 109 cm³/mol. The van der Waals surface area contributed by atoms with Gasteiger partial charge >= 0.3 is 5.97 Å². The topological polar surface area (TPSA) is 61.8 Å². The summed E-state index contributed by atoms with van der Waals surface area (Å²) in [5, 5.41) is 0. The molecule has 0 bridgehead atoms. The summed E-state index contributed by atoms with van der Waals surface area (Å²) in [7, 11) is 1.60. The summed E-state index contributed by atoms with van der Waals surface area (Å²) in [5.74, 6) is 1.05. The minimum absolute atomic E-state index is 0.208. The molecule has 0 radical (unpaired) electrons. The molecule has 0 saturated heterocycles. The van der Waals surface area contributed by atoms with Crippen molar-refractivity contribution in [2.24, 2.45) is 0 Å². The molecule has 5 heteroatoms. The molecule has 0 fully saturated rings. The number of allylic oxidation sites excluding steroid dienone is 1. The first kappa shape index (κ1) is 18.5. The molecule has 1 heterocycles. The molecule has 29 heavy (non-hydrogen) atoms. The molecule has 3 aromatic carbocycles. The second-order valence-electron chi connectivity index (χ2n) is 6.53. The summed E-state index contributed by atoms with van der Waals surface area (Å²) in [6.45, 7) is 1.76. The zero-order valence-electron chi connectivity index (χ0n) is 16.0. The fourth-order valence-corrected chi connectivity index (χ4v) is 3.06. The Kier molecular flexibility index (Phi) is 4.87. The zero-order chi connectivity index (χ0) is 20.4. The fourth-order valence-electron chi connectivity index (χ4n) is 3.06. The van der Waals surface area contributed by atoms with Crippen molar-refractivity contribution in [3.05, 3.63) is 94.7 Å². The molecule has 0 aromatic heterocycles. The van der Waals surface area contributed by atoms with Crippen LogP contribution in [0.1, 0.15) is 31.8 Å². The van der Waals surface area contributed by atoms with Gasteiger partial charge in [0, 0.05) is 5.56 Å². The van der Waals surface area contributed by atoms with Crippen LogP contribution in [0.2, 0.25) is 0 Å². The fraction of sp³-hybridized carbons (Fsp3) is 0.0833. The van der Waals surface area contributed by atoms with Crippen molar-refractivity contribution in [2.75, 3.05) is 7.11 Å². The lowest BCUT2D eigenvalue weighted by Gasteiger charge is -2.10. The summed E-state index contributed by atoms with van der Waals surface area (Å²) in [4.78, 5) is 25.0. The highest BCUT2D eigenvalue weighted by Gasteiger charge is 2.30. The number of carbonyl (C=O) groups excluding carboxylic acids is 2. The number of Topliss-reactive ketones (excluding diaryl/α,β-unsaturated/α-hetero) is 1. The van der Waals surface area contributed by atoms with E-state index in [2.05, 4.69) is 0 Å².